The number of unbranched alkanes of at least 4 members (excludes halogenated alkanes) is 1. The van der Waals surface area contributed by atoms with E-state index >= 15 is 0 Å². The van der Waals surface area contributed by atoms with E-state index in [1.165, 1.54) is 0 Å². The zero-order valence-corrected chi connectivity index (χ0v) is 16.8. The average Bonchev–Trinajstić information content (AvgIpc) is 3.22. The first kappa shape index (κ1) is 20.1. The highest BCUT2D eigenvalue weighted by atomic mass is 32.2. The minimum Gasteiger partial charge on any atom is -0.494 e. The van der Waals surface area contributed by atoms with Gasteiger partial charge in [-0.05, 0) is 63.4 Å². The number of ether oxygens (including phenoxy) is 1. The highest BCUT2D eigenvalue weighted by Gasteiger charge is 2.42. The van der Waals surface area contributed by atoms with Gasteiger partial charge in [0.1, 0.15) is 5.75 Å². The summed E-state index contributed by atoms with van der Waals surface area (Å²) in [6, 6.07) is 7.57. The van der Waals surface area contributed by atoms with Crippen LogP contribution < -0.4 is 10.1 Å². The molecule has 0 bridgehead atoms. The summed E-state index contributed by atoms with van der Waals surface area (Å²) in [7, 11) is -3.07. The molecule has 2 saturated heterocycles. The third kappa shape index (κ3) is 5.94. The molecule has 2 heterocycles. The summed E-state index contributed by atoms with van der Waals surface area (Å²) in [5.41, 5.74) is 1.16. The molecule has 0 aliphatic carbocycles. The molecule has 2 unspecified atom stereocenters. The first-order chi connectivity index (χ1) is 12.9. The molecule has 2 aliphatic rings. The van der Waals surface area contributed by atoms with Crippen LogP contribution in [-0.2, 0) is 14.6 Å². The molecule has 3 rings (SSSR count). The molecule has 0 spiro atoms. The first-order valence-corrected chi connectivity index (χ1v) is 11.7. The fourth-order valence-electron chi connectivity index (χ4n) is 3.96. The van der Waals surface area contributed by atoms with E-state index in [2.05, 4.69) is 10.2 Å². The molecule has 1 amide bonds. The molecule has 2 aliphatic heterocycles. The summed E-state index contributed by atoms with van der Waals surface area (Å²) < 4.78 is 29.8. The Morgan fingerprint density at radius 3 is 2.74 bits per heavy atom. The lowest BCUT2D eigenvalue weighted by atomic mass is 10.1. The standard InChI is InChI=1S/C20H30N2O4S/c1-16-7-6-8-17(13-16)26-12-5-2-9-20(23)21-18-14-27(24,25)15-19(18)22-10-3-4-11-22/h6-8,13,18-19H,2-5,9-12,14-15H2,1H3,(H,21,23). The molecule has 27 heavy (non-hydrogen) atoms. The number of amides is 1. The molecule has 7 heteroatoms. The lowest BCUT2D eigenvalue weighted by Gasteiger charge is -2.28. The van der Waals surface area contributed by atoms with Crippen molar-refractivity contribution < 1.29 is 17.9 Å². The van der Waals surface area contributed by atoms with Crippen molar-refractivity contribution in [2.45, 2.75) is 51.1 Å². The topological polar surface area (TPSA) is 75.7 Å². The van der Waals surface area contributed by atoms with E-state index < -0.39 is 9.84 Å². The van der Waals surface area contributed by atoms with Gasteiger partial charge < -0.3 is 10.1 Å². The highest BCUT2D eigenvalue weighted by molar-refractivity contribution is 7.91. The van der Waals surface area contributed by atoms with Crippen LogP contribution in [0.15, 0.2) is 24.3 Å². The van der Waals surface area contributed by atoms with E-state index in [9.17, 15) is 13.2 Å². The monoisotopic (exact) mass is 394 g/mol. The van der Waals surface area contributed by atoms with Crippen LogP contribution in [0.2, 0.25) is 0 Å². The van der Waals surface area contributed by atoms with Gasteiger partial charge in [-0.25, -0.2) is 8.42 Å². The molecule has 150 valence electrons. The summed E-state index contributed by atoms with van der Waals surface area (Å²) in [4.78, 5) is 14.5. The van der Waals surface area contributed by atoms with Gasteiger partial charge in [0.2, 0.25) is 5.91 Å². The van der Waals surface area contributed by atoms with Crippen molar-refractivity contribution in [1.29, 1.82) is 0 Å². The molecule has 0 radical (unpaired) electrons. The molecule has 2 atom stereocenters. The average molecular weight is 395 g/mol. The third-order valence-electron chi connectivity index (χ3n) is 5.34. The maximum Gasteiger partial charge on any atom is 0.220 e. The van der Waals surface area contributed by atoms with Crippen molar-refractivity contribution >= 4 is 15.7 Å². The van der Waals surface area contributed by atoms with Gasteiger partial charge >= 0.3 is 0 Å². The second-order valence-electron chi connectivity index (χ2n) is 7.68. The van der Waals surface area contributed by atoms with Gasteiger partial charge in [0.15, 0.2) is 9.84 Å². The van der Waals surface area contributed by atoms with Gasteiger partial charge in [-0.1, -0.05) is 12.1 Å². The lowest BCUT2D eigenvalue weighted by molar-refractivity contribution is -0.122. The van der Waals surface area contributed by atoms with E-state index in [1.54, 1.807) is 0 Å². The van der Waals surface area contributed by atoms with Crippen LogP contribution in [0.5, 0.6) is 5.75 Å². The molecule has 1 aromatic carbocycles. The molecule has 0 aromatic heterocycles. The second kappa shape index (κ2) is 9.06. The Labute approximate surface area is 162 Å². The van der Waals surface area contributed by atoms with Crippen LogP contribution in [0.25, 0.3) is 0 Å². The summed E-state index contributed by atoms with van der Waals surface area (Å²) in [6.07, 6.45) is 4.14. The maximum absolute atomic E-state index is 12.3. The number of likely N-dealkylation sites (tertiary alicyclic amines) is 1. The van der Waals surface area contributed by atoms with E-state index in [4.69, 9.17) is 4.74 Å². The van der Waals surface area contributed by atoms with E-state index in [0.717, 1.165) is 50.1 Å². The van der Waals surface area contributed by atoms with Gasteiger partial charge in [0.25, 0.3) is 0 Å². The number of rotatable bonds is 8. The number of hydrogen-bond acceptors (Lipinski definition) is 5. The fraction of sp³-hybridized carbons (Fsp3) is 0.650. The Hall–Kier alpha value is -1.60. The Kier molecular flexibility index (Phi) is 6.76. The van der Waals surface area contributed by atoms with E-state index in [0.29, 0.717) is 13.0 Å². The van der Waals surface area contributed by atoms with Crippen molar-refractivity contribution in [3.63, 3.8) is 0 Å². The smallest absolute Gasteiger partial charge is 0.220 e. The van der Waals surface area contributed by atoms with Crippen molar-refractivity contribution in [1.82, 2.24) is 10.2 Å². The summed E-state index contributed by atoms with van der Waals surface area (Å²) in [6.45, 7) is 4.46. The van der Waals surface area contributed by atoms with Crippen LogP contribution >= 0.6 is 0 Å². The maximum atomic E-state index is 12.3. The van der Waals surface area contributed by atoms with Gasteiger partial charge in [-0.2, -0.15) is 0 Å². The molecule has 6 nitrogen and oxygen atoms in total. The highest BCUT2D eigenvalue weighted by Crippen LogP contribution is 2.23. The number of aryl methyl sites for hydroxylation is 1. The van der Waals surface area contributed by atoms with Gasteiger partial charge in [-0.15, -0.1) is 0 Å². The zero-order chi connectivity index (χ0) is 19.3. The predicted molar refractivity (Wildman–Crippen MR) is 106 cm³/mol. The molecule has 2 fully saturated rings. The molecule has 0 saturated carbocycles. The number of benzene rings is 1. The Bertz CT molecular complexity index is 744. The summed E-state index contributed by atoms with van der Waals surface area (Å²) >= 11 is 0. The van der Waals surface area contributed by atoms with Crippen molar-refractivity contribution in [3.05, 3.63) is 29.8 Å². The van der Waals surface area contributed by atoms with E-state index in [1.807, 2.05) is 31.2 Å². The molecule has 1 aromatic rings. The van der Waals surface area contributed by atoms with Crippen molar-refractivity contribution in [3.8, 4) is 5.75 Å². The minimum absolute atomic E-state index is 0.0585. The van der Waals surface area contributed by atoms with Crippen molar-refractivity contribution in [2.24, 2.45) is 0 Å². The fourth-order valence-corrected chi connectivity index (χ4v) is 5.91. The summed E-state index contributed by atoms with van der Waals surface area (Å²) in [5.74, 6) is 1.03. The number of sulfone groups is 1. The number of carbonyl (C=O) groups is 1. The van der Waals surface area contributed by atoms with Crippen LogP contribution in [0.1, 0.15) is 37.7 Å². The van der Waals surface area contributed by atoms with Gasteiger partial charge in [0, 0.05) is 12.5 Å². The Morgan fingerprint density at radius 2 is 2.00 bits per heavy atom. The van der Waals surface area contributed by atoms with Gasteiger partial charge in [0.05, 0.1) is 24.2 Å². The quantitative estimate of drug-likeness (QED) is 0.682. The normalized spacial score (nSPS) is 24.8. The molecular formula is C20H30N2O4S. The number of hydrogen-bond donors (Lipinski definition) is 1. The SMILES string of the molecule is Cc1cccc(OCCCCC(=O)NC2CS(=O)(=O)CC2N2CCCC2)c1. The minimum atomic E-state index is -3.07. The number of carbonyl (C=O) groups excluding carboxylic acids is 1. The van der Waals surface area contributed by atoms with E-state index in [-0.39, 0.29) is 29.5 Å². The number of nitrogens with one attached hydrogen (secondary N) is 1. The van der Waals surface area contributed by atoms with Gasteiger partial charge in [-0.3, -0.25) is 9.69 Å². The second-order valence-corrected chi connectivity index (χ2v) is 9.84. The first-order valence-electron chi connectivity index (χ1n) is 9.86. The Balaban J connectivity index is 1.39. The zero-order valence-electron chi connectivity index (χ0n) is 16.0. The van der Waals surface area contributed by atoms with Crippen LogP contribution in [0.4, 0.5) is 0 Å². The molecule has 1 N–H and O–H groups in total. The van der Waals surface area contributed by atoms with Crippen LogP contribution in [0.3, 0.4) is 0 Å². The lowest BCUT2D eigenvalue weighted by Crippen LogP contribution is -2.50. The van der Waals surface area contributed by atoms with Crippen LogP contribution in [0, 0.1) is 6.92 Å². The van der Waals surface area contributed by atoms with Crippen LogP contribution in [-0.4, -0.2) is 62.5 Å². The largest absolute Gasteiger partial charge is 0.494 e. The third-order valence-corrected chi connectivity index (χ3v) is 7.05. The molecular weight excluding hydrogens is 364 g/mol. The van der Waals surface area contributed by atoms with Crippen molar-refractivity contribution in [2.75, 3.05) is 31.2 Å². The summed E-state index contributed by atoms with van der Waals surface area (Å²) in [5, 5.41) is 2.98. The predicted octanol–water partition coefficient (Wildman–Crippen LogP) is 1.92. The Morgan fingerprint density at radius 1 is 1.22 bits per heavy atom. The number of nitrogens with zero attached hydrogens (tertiary/aromatic N) is 1.